The Labute approximate surface area is 194 Å². The molecular formula is C23H23ClN4O3S. The molecule has 1 atom stereocenters. The van der Waals surface area contributed by atoms with Crippen molar-refractivity contribution in [2.45, 2.75) is 36.8 Å². The monoisotopic (exact) mass is 470 g/mol. The van der Waals surface area contributed by atoms with Gasteiger partial charge in [0.15, 0.2) is 5.16 Å². The van der Waals surface area contributed by atoms with Gasteiger partial charge in [0.1, 0.15) is 5.25 Å². The average molecular weight is 471 g/mol. The van der Waals surface area contributed by atoms with Crippen LogP contribution in [0.15, 0.2) is 58.5 Å². The number of hydrogen-bond donors (Lipinski definition) is 1. The first kappa shape index (κ1) is 22.4. The molecule has 9 heteroatoms. The molecule has 1 aliphatic rings. The smallest absolute Gasteiger partial charge is 0.262 e. The Morgan fingerprint density at radius 1 is 1.22 bits per heavy atom. The molecule has 0 aliphatic carbocycles. The van der Waals surface area contributed by atoms with Gasteiger partial charge in [0.2, 0.25) is 11.8 Å². The molecule has 1 N–H and O–H groups in total. The van der Waals surface area contributed by atoms with E-state index >= 15 is 0 Å². The van der Waals surface area contributed by atoms with E-state index in [4.69, 9.17) is 16.6 Å². The second kappa shape index (κ2) is 9.34. The van der Waals surface area contributed by atoms with Gasteiger partial charge in [-0.25, -0.2) is 4.98 Å². The fraction of sp³-hybridized carbons (Fsp3) is 0.304. The first-order valence-corrected chi connectivity index (χ1v) is 11.6. The van der Waals surface area contributed by atoms with Crippen molar-refractivity contribution in [3.05, 3.63) is 69.5 Å². The van der Waals surface area contributed by atoms with E-state index in [0.717, 1.165) is 5.56 Å². The zero-order valence-corrected chi connectivity index (χ0v) is 19.3. The second-order valence-corrected chi connectivity index (χ2v) is 9.16. The highest BCUT2D eigenvalue weighted by Crippen LogP contribution is 2.37. The predicted octanol–water partition coefficient (Wildman–Crippen LogP) is 3.25. The zero-order valence-electron chi connectivity index (χ0n) is 17.7. The van der Waals surface area contributed by atoms with Gasteiger partial charge in [0, 0.05) is 31.6 Å². The molecule has 2 amide bonds. The molecule has 0 radical (unpaired) electrons. The third-order valence-electron chi connectivity index (χ3n) is 5.35. The summed E-state index contributed by atoms with van der Waals surface area (Å²) in [5.74, 6) is -0.181. The average Bonchev–Trinajstić information content (AvgIpc) is 2.75. The van der Waals surface area contributed by atoms with Crippen molar-refractivity contribution in [1.82, 2.24) is 19.8 Å². The van der Waals surface area contributed by atoms with Crippen LogP contribution in [-0.4, -0.2) is 45.4 Å². The highest BCUT2D eigenvalue weighted by molar-refractivity contribution is 8.00. The number of likely N-dealkylation sites (tertiary alicyclic amines) is 1. The highest BCUT2D eigenvalue weighted by atomic mass is 35.5. The molecule has 1 aliphatic heterocycles. The van der Waals surface area contributed by atoms with Crippen molar-refractivity contribution in [1.29, 1.82) is 0 Å². The van der Waals surface area contributed by atoms with Gasteiger partial charge in [-0.3, -0.25) is 19.0 Å². The van der Waals surface area contributed by atoms with Crippen LogP contribution in [0.1, 0.15) is 24.7 Å². The van der Waals surface area contributed by atoms with E-state index in [1.54, 1.807) is 27.7 Å². The highest BCUT2D eigenvalue weighted by Gasteiger charge is 2.36. The summed E-state index contributed by atoms with van der Waals surface area (Å²) in [6.07, 6.45) is 0. The van der Waals surface area contributed by atoms with Crippen LogP contribution in [0.4, 0.5) is 0 Å². The molecule has 4 rings (SSSR count). The molecule has 1 saturated heterocycles. The maximum atomic E-state index is 13.4. The maximum absolute atomic E-state index is 13.4. The zero-order chi connectivity index (χ0) is 22.8. The van der Waals surface area contributed by atoms with Crippen LogP contribution in [0.3, 0.4) is 0 Å². The third-order valence-corrected chi connectivity index (χ3v) is 6.81. The molecule has 3 aromatic rings. The van der Waals surface area contributed by atoms with Crippen molar-refractivity contribution in [2.24, 2.45) is 0 Å². The summed E-state index contributed by atoms with van der Waals surface area (Å²) in [5.41, 5.74) is 1.19. The second-order valence-electron chi connectivity index (χ2n) is 7.65. The number of carbonyl (C=O) groups excluding carboxylic acids is 2. The van der Waals surface area contributed by atoms with Crippen LogP contribution in [0.5, 0.6) is 0 Å². The van der Waals surface area contributed by atoms with E-state index in [1.807, 2.05) is 37.3 Å². The van der Waals surface area contributed by atoms with E-state index < -0.39 is 5.25 Å². The molecule has 1 fully saturated rings. The third kappa shape index (κ3) is 4.52. The standard InChI is InChI=1S/C23H23ClN4O3S/c1-3-28-21(30)18-11-16(24)9-10-19(18)26-23(28)32-20(15-7-5-4-6-8-15)22(31)27-12-17(13-27)25-14(2)29/h4-11,17,20H,3,12-13H2,1-2H3,(H,25,29). The number of nitrogens with one attached hydrogen (secondary N) is 1. The van der Waals surface area contributed by atoms with Gasteiger partial charge >= 0.3 is 0 Å². The van der Waals surface area contributed by atoms with Gasteiger partial charge < -0.3 is 10.2 Å². The lowest BCUT2D eigenvalue weighted by molar-refractivity contribution is -0.137. The number of nitrogens with zero attached hydrogens (tertiary/aromatic N) is 3. The van der Waals surface area contributed by atoms with Crippen LogP contribution in [-0.2, 0) is 16.1 Å². The van der Waals surface area contributed by atoms with Crippen molar-refractivity contribution in [3.8, 4) is 0 Å². The maximum Gasteiger partial charge on any atom is 0.262 e. The summed E-state index contributed by atoms with van der Waals surface area (Å²) < 4.78 is 1.57. The minimum absolute atomic E-state index is 0.0322. The topological polar surface area (TPSA) is 84.3 Å². The molecule has 0 spiro atoms. The van der Waals surface area contributed by atoms with Gasteiger partial charge in [-0.15, -0.1) is 0 Å². The molecule has 32 heavy (non-hydrogen) atoms. The number of carbonyl (C=O) groups is 2. The lowest BCUT2D eigenvalue weighted by Crippen LogP contribution is -2.61. The van der Waals surface area contributed by atoms with E-state index in [9.17, 15) is 14.4 Å². The number of rotatable bonds is 6. The van der Waals surface area contributed by atoms with Gasteiger partial charge in [-0.1, -0.05) is 53.7 Å². The SMILES string of the molecule is CCn1c(SC(C(=O)N2CC(NC(C)=O)C2)c2ccccc2)nc2ccc(Cl)cc2c1=O. The fourth-order valence-electron chi connectivity index (χ4n) is 3.74. The Hall–Kier alpha value is -2.84. The normalized spacial score (nSPS) is 14.8. The fourth-order valence-corrected chi connectivity index (χ4v) is 5.16. The van der Waals surface area contributed by atoms with Gasteiger partial charge in [-0.2, -0.15) is 0 Å². The summed E-state index contributed by atoms with van der Waals surface area (Å²) in [4.78, 5) is 44.2. The lowest BCUT2D eigenvalue weighted by Gasteiger charge is -2.41. The Morgan fingerprint density at radius 2 is 1.94 bits per heavy atom. The summed E-state index contributed by atoms with van der Waals surface area (Å²) in [5, 5.41) is 3.68. The van der Waals surface area contributed by atoms with Gasteiger partial charge in [0.25, 0.3) is 5.56 Å². The minimum Gasteiger partial charge on any atom is -0.350 e. The molecule has 7 nitrogen and oxygen atoms in total. The molecule has 0 bridgehead atoms. The van der Waals surface area contributed by atoms with E-state index in [1.165, 1.54) is 18.7 Å². The van der Waals surface area contributed by atoms with E-state index in [2.05, 4.69) is 5.32 Å². The predicted molar refractivity (Wildman–Crippen MR) is 126 cm³/mol. The number of amides is 2. The van der Waals surface area contributed by atoms with Crippen molar-refractivity contribution in [2.75, 3.05) is 13.1 Å². The summed E-state index contributed by atoms with van der Waals surface area (Å²) >= 11 is 7.34. The first-order valence-electron chi connectivity index (χ1n) is 10.3. The van der Waals surface area contributed by atoms with Crippen LogP contribution < -0.4 is 10.9 Å². The van der Waals surface area contributed by atoms with Gasteiger partial charge in [-0.05, 0) is 30.7 Å². The quantitative estimate of drug-likeness (QED) is 0.441. The molecule has 2 heterocycles. The molecular weight excluding hydrogens is 448 g/mol. The van der Waals surface area contributed by atoms with Gasteiger partial charge in [0.05, 0.1) is 16.9 Å². The van der Waals surface area contributed by atoms with Crippen LogP contribution in [0.2, 0.25) is 5.02 Å². The van der Waals surface area contributed by atoms with E-state index in [-0.39, 0.29) is 23.4 Å². The van der Waals surface area contributed by atoms with Crippen LogP contribution >= 0.6 is 23.4 Å². The molecule has 1 aromatic heterocycles. The Bertz CT molecular complexity index is 1230. The van der Waals surface area contributed by atoms with Crippen molar-refractivity contribution < 1.29 is 9.59 Å². The minimum atomic E-state index is -0.566. The van der Waals surface area contributed by atoms with Crippen LogP contribution in [0, 0.1) is 0 Å². The number of benzene rings is 2. The summed E-state index contributed by atoms with van der Waals surface area (Å²) in [6, 6.07) is 14.5. The molecule has 2 aromatic carbocycles. The number of aromatic nitrogens is 2. The Balaban J connectivity index is 1.68. The number of hydrogen-bond acceptors (Lipinski definition) is 5. The van der Waals surface area contributed by atoms with Crippen LogP contribution in [0.25, 0.3) is 10.9 Å². The van der Waals surface area contributed by atoms with E-state index in [0.29, 0.717) is 40.7 Å². The lowest BCUT2D eigenvalue weighted by atomic mass is 10.1. The largest absolute Gasteiger partial charge is 0.350 e. The Morgan fingerprint density at radius 3 is 2.59 bits per heavy atom. The first-order chi connectivity index (χ1) is 15.4. The molecule has 166 valence electrons. The Kier molecular flexibility index (Phi) is 6.53. The van der Waals surface area contributed by atoms with Crippen molar-refractivity contribution >= 4 is 46.1 Å². The summed E-state index contributed by atoms with van der Waals surface area (Å²) in [6.45, 7) is 4.69. The number of thioether (sulfide) groups is 1. The summed E-state index contributed by atoms with van der Waals surface area (Å²) in [7, 11) is 0. The molecule has 1 unspecified atom stereocenters. The number of fused-ring (bicyclic) bond motifs is 1. The molecule has 0 saturated carbocycles. The van der Waals surface area contributed by atoms with Crippen molar-refractivity contribution in [3.63, 3.8) is 0 Å². The number of halogens is 1.